The van der Waals surface area contributed by atoms with Crippen LogP contribution in [0.25, 0.3) is 11.0 Å². The summed E-state index contributed by atoms with van der Waals surface area (Å²) in [7, 11) is 4.18. The van der Waals surface area contributed by atoms with E-state index in [1.165, 1.54) is 43.4 Å². The molecule has 1 N–H and O–H groups in total. The topological polar surface area (TPSA) is 49.8 Å². The molecule has 1 saturated carbocycles. The highest BCUT2D eigenvalue weighted by Gasteiger charge is 2.22. The third kappa shape index (κ3) is 3.14. The van der Waals surface area contributed by atoms with E-state index in [0.29, 0.717) is 11.5 Å². The van der Waals surface area contributed by atoms with E-state index in [-0.39, 0.29) is 0 Å². The highest BCUT2D eigenvalue weighted by atomic mass is 15.1. The Labute approximate surface area is 144 Å². The molecular formula is C19H31N5. The van der Waals surface area contributed by atoms with Gasteiger partial charge in [0.25, 0.3) is 0 Å². The molecule has 1 aliphatic carbocycles. The van der Waals surface area contributed by atoms with Gasteiger partial charge in [0.2, 0.25) is 0 Å². The predicted octanol–water partition coefficient (Wildman–Crippen LogP) is 3.39. The third-order valence-electron chi connectivity index (χ3n) is 5.52. The van der Waals surface area contributed by atoms with Gasteiger partial charge in [-0.25, -0.2) is 4.98 Å². The van der Waals surface area contributed by atoms with E-state index < -0.39 is 0 Å². The van der Waals surface area contributed by atoms with Crippen LogP contribution in [0, 0.1) is 19.3 Å². The van der Waals surface area contributed by atoms with Crippen molar-refractivity contribution in [1.82, 2.24) is 19.0 Å². The van der Waals surface area contributed by atoms with Gasteiger partial charge < -0.3 is 14.0 Å². The van der Waals surface area contributed by atoms with Crippen LogP contribution < -0.4 is 5.49 Å². The second-order valence-corrected chi connectivity index (χ2v) is 7.51. The minimum absolute atomic E-state index is 0.562. The second-order valence-electron chi connectivity index (χ2n) is 7.51. The summed E-state index contributed by atoms with van der Waals surface area (Å²) in [6.07, 6.45) is 9.39. The molecule has 24 heavy (non-hydrogen) atoms. The molecule has 132 valence electrons. The number of nitrogens with zero attached hydrogens (tertiary/aromatic N) is 4. The number of aromatic nitrogens is 3. The van der Waals surface area contributed by atoms with Crippen molar-refractivity contribution >= 4 is 11.0 Å². The van der Waals surface area contributed by atoms with Crippen LogP contribution in [0.3, 0.4) is 0 Å². The maximum absolute atomic E-state index is 8.69. The summed E-state index contributed by atoms with van der Waals surface area (Å²) in [5.74, 6) is 0. The fraction of sp³-hybridized carbons (Fsp3) is 0.684. The van der Waals surface area contributed by atoms with E-state index in [0.717, 1.165) is 30.5 Å². The quantitative estimate of drug-likeness (QED) is 0.914. The lowest BCUT2D eigenvalue weighted by molar-refractivity contribution is 0.355. The number of aryl methyl sites for hydroxylation is 2. The molecule has 0 bridgehead atoms. The zero-order chi connectivity index (χ0) is 17.3. The van der Waals surface area contributed by atoms with Gasteiger partial charge in [0.15, 0.2) is 0 Å². The highest BCUT2D eigenvalue weighted by Crippen LogP contribution is 2.33. The zero-order valence-corrected chi connectivity index (χ0v) is 15.6. The molecule has 0 amide bonds. The Bertz CT molecular complexity index is 762. The summed E-state index contributed by atoms with van der Waals surface area (Å²) in [6, 6.07) is 0.562. The first-order chi connectivity index (χ1) is 11.5. The van der Waals surface area contributed by atoms with Gasteiger partial charge in [-0.2, -0.15) is 0 Å². The monoisotopic (exact) mass is 329 g/mol. The minimum atomic E-state index is 0.562. The van der Waals surface area contributed by atoms with Crippen LogP contribution in [0.2, 0.25) is 0 Å². The van der Waals surface area contributed by atoms with Crippen LogP contribution in [-0.2, 0) is 6.54 Å². The molecular weight excluding hydrogens is 298 g/mol. The maximum atomic E-state index is 8.69. The van der Waals surface area contributed by atoms with Gasteiger partial charge in [0.05, 0.1) is 11.7 Å². The van der Waals surface area contributed by atoms with E-state index in [2.05, 4.69) is 37.4 Å². The van der Waals surface area contributed by atoms with Crippen molar-refractivity contribution in [2.24, 2.45) is 0 Å². The van der Waals surface area contributed by atoms with Gasteiger partial charge in [-0.15, -0.1) is 0 Å². The molecule has 0 unspecified atom stereocenters. The first kappa shape index (κ1) is 17.2. The molecule has 1 aliphatic rings. The van der Waals surface area contributed by atoms with Crippen molar-refractivity contribution in [3.8, 4) is 0 Å². The summed E-state index contributed by atoms with van der Waals surface area (Å²) < 4.78 is 4.43. The summed E-state index contributed by atoms with van der Waals surface area (Å²) in [5.41, 5.74) is 4.17. The largest absolute Gasteiger partial charge is 0.326 e. The SMILES string of the molecule is Cc1c(C)n(C2CCCCC2)c2ncn(CCCN(C)C)c(=N)c12. The lowest BCUT2D eigenvalue weighted by Crippen LogP contribution is -2.24. The fourth-order valence-corrected chi connectivity index (χ4v) is 4.06. The average Bonchev–Trinajstić information content (AvgIpc) is 2.82. The molecule has 2 aromatic heterocycles. The number of hydrogen-bond donors (Lipinski definition) is 1. The Kier molecular flexibility index (Phi) is 5.09. The Hall–Kier alpha value is -1.62. The van der Waals surface area contributed by atoms with Gasteiger partial charge >= 0.3 is 0 Å². The summed E-state index contributed by atoms with van der Waals surface area (Å²) in [5, 5.41) is 9.73. The third-order valence-corrected chi connectivity index (χ3v) is 5.52. The average molecular weight is 329 g/mol. The minimum Gasteiger partial charge on any atom is -0.326 e. The Morgan fingerprint density at radius 1 is 1.21 bits per heavy atom. The van der Waals surface area contributed by atoms with Crippen molar-refractivity contribution in [3.05, 3.63) is 23.1 Å². The van der Waals surface area contributed by atoms with Crippen molar-refractivity contribution in [2.75, 3.05) is 20.6 Å². The molecule has 0 saturated heterocycles. The number of fused-ring (bicyclic) bond motifs is 1. The van der Waals surface area contributed by atoms with Crippen LogP contribution in [0.1, 0.15) is 55.8 Å². The Balaban J connectivity index is 1.99. The van der Waals surface area contributed by atoms with Crippen LogP contribution >= 0.6 is 0 Å². The molecule has 0 spiro atoms. The Morgan fingerprint density at radius 3 is 2.58 bits per heavy atom. The van der Waals surface area contributed by atoms with Crippen LogP contribution in [0.15, 0.2) is 6.33 Å². The second kappa shape index (κ2) is 7.09. The van der Waals surface area contributed by atoms with Crippen molar-refractivity contribution in [1.29, 1.82) is 5.41 Å². The molecule has 2 aromatic rings. The fourth-order valence-electron chi connectivity index (χ4n) is 4.06. The molecule has 3 rings (SSSR count). The summed E-state index contributed by atoms with van der Waals surface area (Å²) in [4.78, 5) is 6.97. The summed E-state index contributed by atoms with van der Waals surface area (Å²) >= 11 is 0. The maximum Gasteiger partial charge on any atom is 0.146 e. The number of nitrogens with one attached hydrogen (secondary N) is 1. The standard InChI is InChI=1S/C19H31N5/c1-14-15(2)24(16-9-6-5-7-10-16)19-17(14)18(20)23(13-21-19)12-8-11-22(3)4/h13,16,20H,5-12H2,1-4H3. The molecule has 5 nitrogen and oxygen atoms in total. The zero-order valence-electron chi connectivity index (χ0n) is 15.6. The van der Waals surface area contributed by atoms with E-state index in [9.17, 15) is 0 Å². The van der Waals surface area contributed by atoms with Crippen LogP contribution in [0.4, 0.5) is 0 Å². The summed E-state index contributed by atoms with van der Waals surface area (Å²) in [6.45, 7) is 6.24. The van der Waals surface area contributed by atoms with Crippen LogP contribution in [-0.4, -0.2) is 39.7 Å². The molecule has 1 fully saturated rings. The predicted molar refractivity (Wildman–Crippen MR) is 98.3 cm³/mol. The van der Waals surface area contributed by atoms with Crippen molar-refractivity contribution in [3.63, 3.8) is 0 Å². The molecule has 0 aromatic carbocycles. The van der Waals surface area contributed by atoms with E-state index >= 15 is 0 Å². The first-order valence-corrected chi connectivity index (χ1v) is 9.26. The van der Waals surface area contributed by atoms with E-state index in [1.54, 1.807) is 0 Å². The van der Waals surface area contributed by atoms with Crippen LogP contribution in [0.5, 0.6) is 0 Å². The van der Waals surface area contributed by atoms with E-state index in [1.807, 2.05) is 10.9 Å². The van der Waals surface area contributed by atoms with E-state index in [4.69, 9.17) is 10.4 Å². The molecule has 0 aliphatic heterocycles. The Morgan fingerprint density at radius 2 is 1.92 bits per heavy atom. The molecule has 0 radical (unpaired) electrons. The van der Waals surface area contributed by atoms with Gasteiger partial charge in [-0.05, 0) is 59.3 Å². The van der Waals surface area contributed by atoms with Crippen molar-refractivity contribution < 1.29 is 0 Å². The number of hydrogen-bond acceptors (Lipinski definition) is 3. The molecule has 0 atom stereocenters. The van der Waals surface area contributed by atoms with Gasteiger partial charge in [0.1, 0.15) is 11.1 Å². The molecule has 5 heteroatoms. The first-order valence-electron chi connectivity index (χ1n) is 9.26. The van der Waals surface area contributed by atoms with Crippen molar-refractivity contribution in [2.45, 2.75) is 65.0 Å². The lowest BCUT2D eigenvalue weighted by atomic mass is 9.95. The lowest BCUT2D eigenvalue weighted by Gasteiger charge is -2.25. The van der Waals surface area contributed by atoms with Gasteiger partial charge in [0, 0.05) is 18.3 Å². The van der Waals surface area contributed by atoms with Gasteiger partial charge in [-0.1, -0.05) is 19.3 Å². The normalized spacial score (nSPS) is 16.4. The molecule has 2 heterocycles. The highest BCUT2D eigenvalue weighted by molar-refractivity contribution is 5.80. The number of rotatable bonds is 5. The smallest absolute Gasteiger partial charge is 0.146 e. The van der Waals surface area contributed by atoms with Gasteiger partial charge in [-0.3, -0.25) is 5.41 Å².